The van der Waals surface area contributed by atoms with Crippen LogP contribution < -0.4 is 10.2 Å². The highest BCUT2D eigenvalue weighted by Gasteiger charge is 2.27. The summed E-state index contributed by atoms with van der Waals surface area (Å²) in [7, 11) is 1.16. The molecule has 0 heterocycles. The van der Waals surface area contributed by atoms with Crippen molar-refractivity contribution in [2.24, 2.45) is 0 Å². The number of hydrogen-bond donors (Lipinski definition) is 1. The fraction of sp³-hybridized carbons (Fsp3) is 0.703. The molecule has 482 valence electrons. The number of phosphoric acid groups is 1. The third kappa shape index (κ3) is 62.9. The smallest absolute Gasteiger partial charge is 0.306 e. The molecule has 0 aliphatic carbocycles. The first-order chi connectivity index (χ1) is 40.9. The Balaban J connectivity index is 5.18. The summed E-state index contributed by atoms with van der Waals surface area (Å²) in [5, 5.41) is 3.03. The van der Waals surface area contributed by atoms with Gasteiger partial charge in [-0.2, -0.15) is 0 Å². The average molecular weight is 1190 g/mol. The van der Waals surface area contributed by atoms with Crippen LogP contribution in [0.2, 0.25) is 0 Å². The van der Waals surface area contributed by atoms with Crippen molar-refractivity contribution in [1.82, 2.24) is 5.32 Å². The zero-order valence-electron chi connectivity index (χ0n) is 55.1. The van der Waals surface area contributed by atoms with Crippen molar-refractivity contribution in [2.75, 3.05) is 40.9 Å². The van der Waals surface area contributed by atoms with Gasteiger partial charge >= 0.3 is 5.97 Å². The van der Waals surface area contributed by atoms with Crippen LogP contribution in [0, 0.1) is 0 Å². The molecule has 84 heavy (non-hydrogen) atoms. The Labute approximate surface area is 518 Å². The SMILES string of the molecule is CC/C=C\C/C=C\C/C=C\C/C=C\C/C=C\CCCCCCCCCCCC(=O)NC(COP(=O)([O-])OCC[N+](C)(C)C)C(/C=C\CCCCCCCCCCCC)OC(=O)CCCCCCC/C=C\C/C=C\C/C=C\C/C=C\CCCCC. The number of likely N-dealkylation sites (N-methyl/N-ethyl adjacent to an activating group) is 1. The molecular formula is C74H129N2O7P. The molecule has 1 amide bonds. The number of quaternary nitrogens is 1. The number of amides is 1. The molecule has 0 aliphatic heterocycles. The first-order valence-corrected chi connectivity index (χ1v) is 35.8. The maximum Gasteiger partial charge on any atom is 0.306 e. The molecule has 0 saturated heterocycles. The van der Waals surface area contributed by atoms with E-state index in [0.717, 1.165) is 135 Å². The second kappa shape index (κ2) is 62.5. The van der Waals surface area contributed by atoms with Crippen molar-refractivity contribution < 1.29 is 37.3 Å². The minimum Gasteiger partial charge on any atom is -0.756 e. The van der Waals surface area contributed by atoms with E-state index < -0.39 is 26.6 Å². The Hall–Kier alpha value is -3.59. The van der Waals surface area contributed by atoms with E-state index in [1.54, 1.807) is 0 Å². The van der Waals surface area contributed by atoms with Gasteiger partial charge in [0.1, 0.15) is 19.3 Å². The molecule has 0 saturated carbocycles. The number of ether oxygens (including phenoxy) is 1. The van der Waals surface area contributed by atoms with E-state index in [0.29, 0.717) is 23.9 Å². The minimum atomic E-state index is -4.72. The molecule has 0 spiro atoms. The zero-order valence-corrected chi connectivity index (χ0v) is 56.0. The largest absolute Gasteiger partial charge is 0.756 e. The number of nitrogens with zero attached hydrogens (tertiary/aromatic N) is 1. The first-order valence-electron chi connectivity index (χ1n) is 34.3. The van der Waals surface area contributed by atoms with Crippen molar-refractivity contribution in [3.63, 3.8) is 0 Å². The van der Waals surface area contributed by atoms with Crippen molar-refractivity contribution in [2.45, 2.75) is 296 Å². The average Bonchev–Trinajstić information content (AvgIpc) is 3.64. The highest BCUT2D eigenvalue weighted by molar-refractivity contribution is 7.45. The maximum absolute atomic E-state index is 13.6. The summed E-state index contributed by atoms with van der Waals surface area (Å²) in [6, 6.07) is -0.909. The van der Waals surface area contributed by atoms with Gasteiger partial charge in [-0.1, -0.05) is 271 Å². The summed E-state index contributed by atoms with van der Waals surface area (Å²) in [6.07, 6.45) is 87.4. The van der Waals surface area contributed by atoms with Crippen molar-refractivity contribution in [3.05, 3.63) is 122 Å². The van der Waals surface area contributed by atoms with Crippen LogP contribution in [0.25, 0.3) is 0 Å². The number of carbonyl (C=O) groups excluding carboxylic acids is 2. The lowest BCUT2D eigenvalue weighted by atomic mass is 10.0. The normalized spacial score (nSPS) is 14.3. The van der Waals surface area contributed by atoms with Crippen molar-refractivity contribution in [1.29, 1.82) is 0 Å². The monoisotopic (exact) mass is 1190 g/mol. The summed E-state index contributed by atoms with van der Waals surface area (Å²) < 4.78 is 30.4. The van der Waals surface area contributed by atoms with E-state index in [-0.39, 0.29) is 24.9 Å². The summed E-state index contributed by atoms with van der Waals surface area (Å²) >= 11 is 0. The van der Waals surface area contributed by atoms with Crippen molar-refractivity contribution in [3.8, 4) is 0 Å². The van der Waals surface area contributed by atoms with Gasteiger partial charge in [-0.15, -0.1) is 0 Å². The summed E-state index contributed by atoms with van der Waals surface area (Å²) in [4.78, 5) is 40.2. The molecule has 0 bridgehead atoms. The topological polar surface area (TPSA) is 114 Å². The lowest BCUT2D eigenvalue weighted by Crippen LogP contribution is -2.47. The number of esters is 1. The number of allylic oxidation sites excluding steroid dienone is 19. The Morgan fingerprint density at radius 3 is 1.17 bits per heavy atom. The molecule has 1 N–H and O–H groups in total. The number of unbranched alkanes of at least 4 members (excludes halogenated alkanes) is 27. The van der Waals surface area contributed by atoms with Crippen LogP contribution in [0.3, 0.4) is 0 Å². The van der Waals surface area contributed by atoms with Gasteiger partial charge in [0.05, 0.1) is 33.8 Å². The van der Waals surface area contributed by atoms with Crippen LogP contribution in [0.1, 0.15) is 284 Å². The fourth-order valence-electron chi connectivity index (χ4n) is 9.36. The fourth-order valence-corrected chi connectivity index (χ4v) is 10.1. The van der Waals surface area contributed by atoms with Crippen LogP contribution in [0.5, 0.6) is 0 Å². The summed E-state index contributed by atoms with van der Waals surface area (Å²) in [5.41, 5.74) is 0. The predicted molar refractivity (Wildman–Crippen MR) is 362 cm³/mol. The standard InChI is InChI=1S/C74H129N2O7P/c1-7-10-13-16-19-22-25-28-30-32-34-36-37-38-39-41-42-44-46-48-51-54-57-60-63-66-73(77)75-71(70-82-84(79,80)81-69-68-76(4,5)6)72(65-62-59-56-53-50-27-24-21-18-15-12-9-3)83-74(78)67-64-61-58-55-52-49-47-45-43-40-35-33-31-29-26-23-20-17-14-11-8-2/h10,13,19-20,22-23,28-31,34-36,38-40,45,47,62,65,71-72H,7-9,11-12,14-18,21,24-27,32-33,37,41-44,46,48-61,63-64,66-70H2,1-6H3,(H-,75,77,79,80)/b13-10-,22-19-,23-20-,30-28-,31-29-,36-34-,39-38-,40-35-,47-45-,65-62-. The van der Waals surface area contributed by atoms with Crippen LogP contribution in [0.15, 0.2) is 122 Å². The molecule has 0 fully saturated rings. The van der Waals surface area contributed by atoms with Gasteiger partial charge in [0, 0.05) is 12.8 Å². The van der Waals surface area contributed by atoms with Gasteiger partial charge in [0.25, 0.3) is 7.82 Å². The van der Waals surface area contributed by atoms with Crippen LogP contribution >= 0.6 is 7.82 Å². The van der Waals surface area contributed by atoms with E-state index in [1.807, 2.05) is 33.3 Å². The highest BCUT2D eigenvalue weighted by Crippen LogP contribution is 2.38. The van der Waals surface area contributed by atoms with Gasteiger partial charge in [-0.05, 0) is 122 Å². The Morgan fingerprint density at radius 2 is 0.762 bits per heavy atom. The molecular weight excluding hydrogens is 1060 g/mol. The summed E-state index contributed by atoms with van der Waals surface area (Å²) in [5.74, 6) is -0.572. The third-order valence-corrected chi connectivity index (χ3v) is 15.6. The molecule has 10 heteroatoms. The van der Waals surface area contributed by atoms with E-state index in [9.17, 15) is 19.0 Å². The van der Waals surface area contributed by atoms with Crippen LogP contribution in [0.4, 0.5) is 0 Å². The maximum atomic E-state index is 13.6. The number of hydrogen-bond acceptors (Lipinski definition) is 7. The molecule has 0 rings (SSSR count). The van der Waals surface area contributed by atoms with E-state index in [1.165, 1.54) is 109 Å². The molecule has 0 aromatic carbocycles. The molecule has 0 aromatic heterocycles. The van der Waals surface area contributed by atoms with Crippen molar-refractivity contribution >= 4 is 19.7 Å². The lowest BCUT2D eigenvalue weighted by Gasteiger charge is -2.30. The third-order valence-electron chi connectivity index (χ3n) is 14.6. The number of carbonyl (C=O) groups is 2. The second-order valence-corrected chi connectivity index (χ2v) is 25.4. The zero-order chi connectivity index (χ0) is 61.4. The van der Waals surface area contributed by atoms with Gasteiger partial charge < -0.3 is 28.5 Å². The Bertz CT molecular complexity index is 1850. The molecule has 3 unspecified atom stereocenters. The molecule has 0 radical (unpaired) electrons. The quantitative estimate of drug-likeness (QED) is 0.0212. The predicted octanol–water partition coefficient (Wildman–Crippen LogP) is 21.2. The van der Waals surface area contributed by atoms with Gasteiger partial charge in [0.15, 0.2) is 0 Å². The second-order valence-electron chi connectivity index (χ2n) is 23.9. The number of phosphoric ester groups is 1. The van der Waals surface area contributed by atoms with Gasteiger partial charge in [-0.3, -0.25) is 14.2 Å². The van der Waals surface area contributed by atoms with E-state index in [2.05, 4.69) is 135 Å². The molecule has 0 aromatic rings. The summed E-state index contributed by atoms with van der Waals surface area (Å²) in [6.45, 7) is 6.68. The number of nitrogens with one attached hydrogen (secondary N) is 1. The van der Waals surface area contributed by atoms with Gasteiger partial charge in [-0.25, -0.2) is 0 Å². The highest BCUT2D eigenvalue weighted by atomic mass is 31.2. The van der Waals surface area contributed by atoms with Crippen LogP contribution in [-0.2, 0) is 27.9 Å². The van der Waals surface area contributed by atoms with Crippen LogP contribution in [-0.4, -0.2) is 69.4 Å². The van der Waals surface area contributed by atoms with E-state index >= 15 is 0 Å². The molecule has 0 aliphatic rings. The van der Waals surface area contributed by atoms with Gasteiger partial charge in [0.2, 0.25) is 5.91 Å². The molecule has 9 nitrogen and oxygen atoms in total. The number of rotatable bonds is 61. The van der Waals surface area contributed by atoms with E-state index in [4.69, 9.17) is 13.8 Å². The Kier molecular flexibility index (Phi) is 59.8. The minimum absolute atomic E-state index is 0.0329. The Morgan fingerprint density at radius 1 is 0.429 bits per heavy atom. The lowest BCUT2D eigenvalue weighted by molar-refractivity contribution is -0.870. The first kappa shape index (κ1) is 80.4. The molecule has 3 atom stereocenters.